The van der Waals surface area contributed by atoms with Crippen LogP contribution in [0.2, 0.25) is 0 Å². The van der Waals surface area contributed by atoms with Gasteiger partial charge in [0.05, 0.1) is 0 Å². The fourth-order valence-electron chi connectivity index (χ4n) is 5.33. The maximum Gasteiger partial charge on any atom is 0.257 e. The minimum Gasteiger partial charge on any atom is -0.369 e. The molecule has 28 heavy (non-hydrogen) atoms. The lowest BCUT2D eigenvalue weighted by atomic mass is 9.86. The van der Waals surface area contributed by atoms with Crippen molar-refractivity contribution in [1.82, 2.24) is 9.80 Å². The molecule has 2 N–H and O–H groups in total. The molecular formula is C22H38N4O2. The molecule has 0 aromatic carbocycles. The molecule has 3 aliphatic rings. The first-order valence-electron chi connectivity index (χ1n) is 11.2. The molecule has 2 amide bonds. The molecule has 2 fully saturated rings. The highest BCUT2D eigenvalue weighted by molar-refractivity contribution is 6.06. The van der Waals surface area contributed by atoms with Gasteiger partial charge in [-0.3, -0.25) is 14.5 Å². The lowest BCUT2D eigenvalue weighted by Gasteiger charge is -2.36. The van der Waals surface area contributed by atoms with Gasteiger partial charge < -0.3 is 10.6 Å². The zero-order valence-electron chi connectivity index (χ0n) is 18.0. The maximum atomic E-state index is 13.0. The number of nitrogens with zero attached hydrogens (tertiary/aromatic N) is 3. The number of carbonyl (C=O) groups is 2. The minimum atomic E-state index is -0.733. The topological polar surface area (TPSA) is 79.0 Å². The van der Waals surface area contributed by atoms with Gasteiger partial charge in [-0.2, -0.15) is 0 Å². The molecule has 6 heteroatoms. The fraction of sp³-hybridized carbons (Fsp3) is 0.864. The van der Waals surface area contributed by atoms with Crippen molar-refractivity contribution in [2.75, 3.05) is 19.6 Å². The highest BCUT2D eigenvalue weighted by Crippen LogP contribution is 2.31. The largest absolute Gasteiger partial charge is 0.369 e. The van der Waals surface area contributed by atoms with E-state index in [1.165, 1.54) is 32.1 Å². The summed E-state index contributed by atoms with van der Waals surface area (Å²) in [6, 6.07) is 0. The predicted molar refractivity (Wildman–Crippen MR) is 112 cm³/mol. The van der Waals surface area contributed by atoms with Gasteiger partial charge in [-0.15, -0.1) is 0 Å². The molecular weight excluding hydrogens is 352 g/mol. The predicted octanol–water partition coefficient (Wildman–Crippen LogP) is 3.16. The third-order valence-electron chi connectivity index (χ3n) is 6.65. The highest BCUT2D eigenvalue weighted by atomic mass is 16.2. The first-order valence-corrected chi connectivity index (χ1v) is 11.2. The molecule has 0 spiro atoms. The minimum absolute atomic E-state index is 0.0179. The second-order valence-corrected chi connectivity index (χ2v) is 9.81. The number of likely N-dealkylation sites (tertiary alicyclic amines) is 1. The molecule has 2 aliphatic heterocycles. The third kappa shape index (κ3) is 4.87. The number of amides is 2. The molecule has 6 nitrogen and oxygen atoms in total. The molecule has 158 valence electrons. The van der Waals surface area contributed by atoms with E-state index in [9.17, 15) is 9.59 Å². The molecule has 0 bridgehead atoms. The van der Waals surface area contributed by atoms with Crippen molar-refractivity contribution in [1.29, 1.82) is 0 Å². The molecule has 2 atom stereocenters. The summed E-state index contributed by atoms with van der Waals surface area (Å²) >= 11 is 0. The summed E-state index contributed by atoms with van der Waals surface area (Å²) in [7, 11) is 0. The number of carbonyl (C=O) groups excluding carboxylic acids is 2. The van der Waals surface area contributed by atoms with Crippen molar-refractivity contribution in [3.05, 3.63) is 0 Å². The Labute approximate surface area is 169 Å². The number of rotatable bonds is 6. The Bertz CT molecular complexity index is 612. The van der Waals surface area contributed by atoms with Crippen LogP contribution in [-0.4, -0.2) is 52.7 Å². The van der Waals surface area contributed by atoms with Crippen LogP contribution in [0.25, 0.3) is 0 Å². The summed E-state index contributed by atoms with van der Waals surface area (Å²) in [5, 5.41) is 0. The lowest BCUT2D eigenvalue weighted by molar-refractivity contribution is -0.134. The number of aliphatic imine (C=N–C) groups is 1. The fourth-order valence-corrected chi connectivity index (χ4v) is 5.33. The molecule has 0 radical (unpaired) electrons. The monoisotopic (exact) mass is 390 g/mol. The Balaban J connectivity index is 1.55. The van der Waals surface area contributed by atoms with E-state index in [0.717, 1.165) is 25.9 Å². The van der Waals surface area contributed by atoms with E-state index in [1.54, 1.807) is 4.90 Å². The van der Waals surface area contributed by atoms with Crippen LogP contribution in [0.3, 0.4) is 0 Å². The molecule has 1 saturated heterocycles. The normalized spacial score (nSPS) is 29.5. The molecule has 1 aliphatic carbocycles. The van der Waals surface area contributed by atoms with Crippen LogP contribution in [0.1, 0.15) is 78.6 Å². The van der Waals surface area contributed by atoms with Crippen LogP contribution < -0.4 is 5.73 Å². The summed E-state index contributed by atoms with van der Waals surface area (Å²) in [4.78, 5) is 34.0. The van der Waals surface area contributed by atoms with E-state index in [2.05, 4.69) is 18.8 Å². The first-order chi connectivity index (χ1) is 13.3. The molecule has 1 saturated carbocycles. The van der Waals surface area contributed by atoms with Gasteiger partial charge in [0.2, 0.25) is 5.91 Å². The summed E-state index contributed by atoms with van der Waals surface area (Å²) < 4.78 is 0. The van der Waals surface area contributed by atoms with Gasteiger partial charge in [-0.1, -0.05) is 33.1 Å². The second-order valence-electron chi connectivity index (χ2n) is 9.81. The molecule has 0 aromatic heterocycles. The molecule has 2 heterocycles. The Morgan fingerprint density at radius 1 is 1.18 bits per heavy atom. The highest BCUT2D eigenvalue weighted by Gasteiger charge is 2.45. The maximum absolute atomic E-state index is 13.0. The molecule has 3 rings (SSSR count). The standard InChI is InChI=1S/C22H38N4O2/c1-16(2)13-22(3)20(28)26(21(23)24-22)15-18-10-7-11-25(14-18)19(27)12-17-8-5-4-6-9-17/h16-18H,4-15H2,1-3H3,(H2,23,24). The van der Waals surface area contributed by atoms with Crippen molar-refractivity contribution in [2.24, 2.45) is 28.5 Å². The van der Waals surface area contributed by atoms with Crippen LogP contribution in [0.5, 0.6) is 0 Å². The van der Waals surface area contributed by atoms with Crippen LogP contribution in [-0.2, 0) is 9.59 Å². The Morgan fingerprint density at radius 3 is 2.54 bits per heavy atom. The van der Waals surface area contributed by atoms with Crippen molar-refractivity contribution >= 4 is 17.8 Å². The molecule has 0 aromatic rings. The van der Waals surface area contributed by atoms with Crippen LogP contribution in [0, 0.1) is 17.8 Å². The van der Waals surface area contributed by atoms with E-state index in [0.29, 0.717) is 43.1 Å². The van der Waals surface area contributed by atoms with Crippen molar-refractivity contribution < 1.29 is 9.59 Å². The molecule has 2 unspecified atom stereocenters. The van der Waals surface area contributed by atoms with Gasteiger partial charge in [0, 0.05) is 26.1 Å². The summed E-state index contributed by atoms with van der Waals surface area (Å²) in [5.41, 5.74) is 5.40. The van der Waals surface area contributed by atoms with Crippen LogP contribution in [0.15, 0.2) is 4.99 Å². The van der Waals surface area contributed by atoms with Crippen molar-refractivity contribution in [2.45, 2.75) is 84.1 Å². The van der Waals surface area contributed by atoms with E-state index in [1.807, 2.05) is 11.8 Å². The SMILES string of the molecule is CC(C)CC1(C)N=C(N)N(CC2CCCN(C(=O)CC3CCCCC3)C2)C1=O. The van der Waals surface area contributed by atoms with Crippen LogP contribution in [0.4, 0.5) is 0 Å². The van der Waals surface area contributed by atoms with E-state index in [-0.39, 0.29) is 11.8 Å². The number of piperidine rings is 1. The van der Waals surface area contributed by atoms with Crippen molar-refractivity contribution in [3.8, 4) is 0 Å². The summed E-state index contributed by atoms with van der Waals surface area (Å²) in [6.45, 7) is 8.26. The number of guanidine groups is 1. The van der Waals surface area contributed by atoms with Crippen LogP contribution >= 0.6 is 0 Å². The van der Waals surface area contributed by atoms with Gasteiger partial charge >= 0.3 is 0 Å². The number of hydrogen-bond acceptors (Lipinski definition) is 4. The summed E-state index contributed by atoms with van der Waals surface area (Å²) in [5.74, 6) is 1.90. The van der Waals surface area contributed by atoms with E-state index < -0.39 is 5.54 Å². The van der Waals surface area contributed by atoms with Crippen molar-refractivity contribution in [3.63, 3.8) is 0 Å². The average molecular weight is 391 g/mol. The number of hydrogen-bond donors (Lipinski definition) is 1. The second kappa shape index (κ2) is 8.83. The number of nitrogens with two attached hydrogens (primary N) is 1. The lowest BCUT2D eigenvalue weighted by Crippen LogP contribution is -2.49. The third-order valence-corrected chi connectivity index (χ3v) is 6.65. The Hall–Kier alpha value is -1.59. The zero-order valence-corrected chi connectivity index (χ0v) is 18.0. The van der Waals surface area contributed by atoms with Gasteiger partial charge in [0.25, 0.3) is 5.91 Å². The first kappa shape index (κ1) is 21.1. The zero-order chi connectivity index (χ0) is 20.3. The van der Waals surface area contributed by atoms with Gasteiger partial charge in [-0.25, -0.2) is 4.99 Å². The smallest absolute Gasteiger partial charge is 0.257 e. The van der Waals surface area contributed by atoms with Gasteiger partial charge in [-0.05, 0) is 56.8 Å². The summed E-state index contributed by atoms with van der Waals surface area (Å²) in [6.07, 6.45) is 9.70. The van der Waals surface area contributed by atoms with E-state index in [4.69, 9.17) is 5.73 Å². The van der Waals surface area contributed by atoms with Gasteiger partial charge in [0.1, 0.15) is 5.54 Å². The Morgan fingerprint density at radius 2 is 1.86 bits per heavy atom. The average Bonchev–Trinajstić information content (AvgIpc) is 2.85. The van der Waals surface area contributed by atoms with E-state index >= 15 is 0 Å². The quantitative estimate of drug-likeness (QED) is 0.756. The van der Waals surface area contributed by atoms with Gasteiger partial charge in [0.15, 0.2) is 5.96 Å². The Kier molecular flexibility index (Phi) is 6.66.